The summed E-state index contributed by atoms with van der Waals surface area (Å²) in [5, 5.41) is 20.1. The maximum absolute atomic E-state index is 12.8. The second kappa shape index (κ2) is 3.96. The first-order chi connectivity index (χ1) is 9.41. The molecule has 0 unspecified atom stereocenters. The molecule has 0 saturated carbocycles. The van der Waals surface area contributed by atoms with E-state index in [-0.39, 0.29) is 28.8 Å². The van der Waals surface area contributed by atoms with E-state index in [9.17, 15) is 15.0 Å². The fourth-order valence-corrected chi connectivity index (χ4v) is 3.34. The maximum Gasteiger partial charge on any atom is 0.177 e. The number of rotatable bonds is 1. The summed E-state index contributed by atoms with van der Waals surface area (Å²) in [5.41, 5.74) is 0.400. The van der Waals surface area contributed by atoms with Gasteiger partial charge in [-0.05, 0) is 24.6 Å². The highest BCUT2D eigenvalue weighted by Crippen LogP contribution is 2.57. The lowest BCUT2D eigenvalue weighted by molar-refractivity contribution is 0.0409. The Morgan fingerprint density at radius 2 is 2.05 bits per heavy atom. The smallest absolute Gasteiger partial charge is 0.177 e. The Bertz CT molecular complexity index is 646. The van der Waals surface area contributed by atoms with E-state index < -0.39 is 11.5 Å². The van der Waals surface area contributed by atoms with Crippen LogP contribution >= 0.6 is 0 Å². The van der Waals surface area contributed by atoms with E-state index in [0.717, 1.165) is 5.57 Å². The van der Waals surface area contributed by atoms with Gasteiger partial charge in [-0.15, -0.1) is 6.58 Å². The molecule has 4 heteroatoms. The third kappa shape index (κ3) is 1.37. The topological polar surface area (TPSA) is 66.8 Å². The molecule has 3 atom stereocenters. The van der Waals surface area contributed by atoms with Gasteiger partial charge >= 0.3 is 0 Å². The molecule has 0 amide bonds. The van der Waals surface area contributed by atoms with Gasteiger partial charge in [0, 0.05) is 11.5 Å². The molecular formula is C16H16O4. The maximum atomic E-state index is 12.8. The normalized spacial score (nSPS) is 31.9. The number of Topliss-reactive ketones (excluding diaryl/α,β-unsaturated/α-hetero) is 1. The van der Waals surface area contributed by atoms with Gasteiger partial charge in [0.1, 0.15) is 11.5 Å². The van der Waals surface area contributed by atoms with Crippen LogP contribution in [0.3, 0.4) is 0 Å². The number of benzene rings is 1. The first kappa shape index (κ1) is 12.9. The van der Waals surface area contributed by atoms with E-state index in [1.165, 1.54) is 12.1 Å². The Kier molecular flexibility index (Phi) is 2.56. The van der Waals surface area contributed by atoms with Crippen LogP contribution in [0.15, 0.2) is 36.9 Å². The Morgan fingerprint density at radius 3 is 2.70 bits per heavy atom. The Morgan fingerprint density at radius 1 is 1.40 bits per heavy atom. The summed E-state index contributed by atoms with van der Waals surface area (Å²) < 4.78 is 5.71. The molecule has 0 aromatic heterocycles. The van der Waals surface area contributed by atoms with Gasteiger partial charge in [-0.1, -0.05) is 12.7 Å². The average molecular weight is 272 g/mol. The van der Waals surface area contributed by atoms with Gasteiger partial charge in [-0.2, -0.15) is 0 Å². The molecule has 2 N–H and O–H groups in total. The molecule has 1 saturated heterocycles. The minimum atomic E-state index is -0.892. The zero-order chi connectivity index (χ0) is 14.7. The molecule has 1 aromatic rings. The van der Waals surface area contributed by atoms with Crippen LogP contribution in [0.1, 0.15) is 28.9 Å². The molecule has 104 valence electrons. The molecule has 0 bridgehead atoms. The molecule has 20 heavy (non-hydrogen) atoms. The minimum Gasteiger partial charge on any atom is -0.508 e. The van der Waals surface area contributed by atoms with Crippen molar-refractivity contribution in [2.75, 3.05) is 6.61 Å². The predicted octanol–water partition coefficient (Wildman–Crippen LogP) is 2.73. The van der Waals surface area contributed by atoms with Crippen molar-refractivity contribution in [3.8, 4) is 11.5 Å². The van der Waals surface area contributed by atoms with Gasteiger partial charge < -0.3 is 14.9 Å². The Balaban J connectivity index is 2.35. The standard InChI is InChI=1S/C16H16O4/c1-4-16(3)13-8(2)7-20-14(13)11-9(17)5-6-10(18)12(11)15(16)19/h4-6,13-14,17-18H,1-2,7H2,3H3/t13-,14-,16-/m0/s1. The second-order valence-corrected chi connectivity index (χ2v) is 5.58. The number of fused-ring (bicyclic) bond motifs is 3. The number of hydrogen-bond acceptors (Lipinski definition) is 4. The highest BCUT2D eigenvalue weighted by atomic mass is 16.5. The number of hydrogen-bond donors (Lipinski definition) is 2. The number of carbonyl (C=O) groups is 1. The molecule has 2 aliphatic rings. The zero-order valence-corrected chi connectivity index (χ0v) is 11.2. The van der Waals surface area contributed by atoms with Gasteiger partial charge in [-0.25, -0.2) is 0 Å². The highest BCUT2D eigenvalue weighted by molar-refractivity contribution is 6.07. The van der Waals surface area contributed by atoms with Crippen molar-refractivity contribution in [2.24, 2.45) is 11.3 Å². The van der Waals surface area contributed by atoms with Crippen molar-refractivity contribution in [1.82, 2.24) is 0 Å². The van der Waals surface area contributed by atoms with Crippen molar-refractivity contribution in [3.63, 3.8) is 0 Å². The summed E-state index contributed by atoms with van der Waals surface area (Å²) >= 11 is 0. The van der Waals surface area contributed by atoms with E-state index >= 15 is 0 Å². The lowest BCUT2D eigenvalue weighted by atomic mass is 9.61. The van der Waals surface area contributed by atoms with Gasteiger partial charge in [-0.3, -0.25) is 4.79 Å². The molecule has 1 fully saturated rings. The first-order valence-corrected chi connectivity index (χ1v) is 6.44. The Labute approximate surface area is 117 Å². The third-order valence-corrected chi connectivity index (χ3v) is 4.46. The van der Waals surface area contributed by atoms with Gasteiger partial charge in [0.05, 0.1) is 23.7 Å². The third-order valence-electron chi connectivity index (χ3n) is 4.46. The van der Waals surface area contributed by atoms with Crippen molar-refractivity contribution in [1.29, 1.82) is 0 Å². The van der Waals surface area contributed by atoms with E-state index in [1.54, 1.807) is 13.0 Å². The molecule has 3 rings (SSSR count). The molecule has 4 nitrogen and oxygen atoms in total. The predicted molar refractivity (Wildman–Crippen MR) is 73.7 cm³/mol. The number of ether oxygens (including phenoxy) is 1. The van der Waals surface area contributed by atoms with Crippen LogP contribution in [0.2, 0.25) is 0 Å². The van der Waals surface area contributed by atoms with E-state index in [0.29, 0.717) is 12.2 Å². The van der Waals surface area contributed by atoms with E-state index in [2.05, 4.69) is 13.2 Å². The van der Waals surface area contributed by atoms with Crippen LogP contribution < -0.4 is 0 Å². The fraction of sp³-hybridized carbons (Fsp3) is 0.312. The van der Waals surface area contributed by atoms with Crippen LogP contribution in [-0.4, -0.2) is 22.6 Å². The van der Waals surface area contributed by atoms with E-state index in [4.69, 9.17) is 4.74 Å². The van der Waals surface area contributed by atoms with Gasteiger partial charge in [0.2, 0.25) is 0 Å². The zero-order valence-electron chi connectivity index (χ0n) is 11.2. The van der Waals surface area contributed by atoms with E-state index in [1.807, 2.05) is 0 Å². The van der Waals surface area contributed by atoms with Crippen LogP contribution in [0.4, 0.5) is 0 Å². The number of phenolic OH excluding ortho intramolecular Hbond substituents is 2. The van der Waals surface area contributed by atoms with Crippen molar-refractivity contribution in [2.45, 2.75) is 13.0 Å². The highest BCUT2D eigenvalue weighted by Gasteiger charge is 2.55. The molecule has 0 spiro atoms. The number of aromatic hydroxyl groups is 2. The number of phenols is 2. The molecule has 1 aromatic carbocycles. The van der Waals surface area contributed by atoms with Crippen LogP contribution in [0.25, 0.3) is 0 Å². The lowest BCUT2D eigenvalue weighted by Crippen LogP contribution is -2.41. The fourth-order valence-electron chi connectivity index (χ4n) is 3.34. The monoisotopic (exact) mass is 272 g/mol. The molecule has 0 radical (unpaired) electrons. The summed E-state index contributed by atoms with van der Waals surface area (Å²) in [4.78, 5) is 12.8. The first-order valence-electron chi connectivity index (χ1n) is 6.44. The number of allylic oxidation sites excluding steroid dienone is 1. The van der Waals surface area contributed by atoms with Crippen LogP contribution in [0, 0.1) is 11.3 Å². The Hall–Kier alpha value is -2.07. The largest absolute Gasteiger partial charge is 0.508 e. The van der Waals surface area contributed by atoms with Crippen molar-refractivity contribution < 1.29 is 19.7 Å². The van der Waals surface area contributed by atoms with Crippen molar-refractivity contribution >= 4 is 5.78 Å². The number of carbonyl (C=O) groups excluding carboxylic acids is 1. The second-order valence-electron chi connectivity index (χ2n) is 5.58. The van der Waals surface area contributed by atoms with Gasteiger partial charge in [0.25, 0.3) is 0 Å². The van der Waals surface area contributed by atoms with Crippen molar-refractivity contribution in [3.05, 3.63) is 48.1 Å². The summed E-state index contributed by atoms with van der Waals surface area (Å²) in [7, 11) is 0. The lowest BCUT2D eigenvalue weighted by Gasteiger charge is -2.40. The average Bonchev–Trinajstić information content (AvgIpc) is 2.81. The quantitative estimate of drug-likeness (QED) is 0.609. The number of ketones is 1. The molecule has 1 aliphatic heterocycles. The summed E-state index contributed by atoms with van der Waals surface area (Å²) in [6.45, 7) is 9.84. The SMILES string of the molecule is C=C[C@]1(C)C(=O)c2c(O)ccc(O)c2[C@@H]2OCC(=C)[C@@H]21. The summed E-state index contributed by atoms with van der Waals surface area (Å²) in [6, 6.07) is 2.69. The molecule has 1 heterocycles. The van der Waals surface area contributed by atoms with Crippen LogP contribution in [0.5, 0.6) is 11.5 Å². The van der Waals surface area contributed by atoms with Crippen LogP contribution in [-0.2, 0) is 4.74 Å². The molecular weight excluding hydrogens is 256 g/mol. The van der Waals surface area contributed by atoms with Gasteiger partial charge in [0.15, 0.2) is 5.78 Å². The minimum absolute atomic E-state index is 0.0398. The molecule has 1 aliphatic carbocycles. The summed E-state index contributed by atoms with van der Waals surface area (Å²) in [6.07, 6.45) is 1.10. The summed E-state index contributed by atoms with van der Waals surface area (Å²) in [5.74, 6) is -0.714.